The van der Waals surface area contributed by atoms with Crippen molar-refractivity contribution in [1.82, 2.24) is 3.97 Å². The van der Waals surface area contributed by atoms with E-state index in [9.17, 15) is 18.6 Å². The van der Waals surface area contributed by atoms with Crippen LogP contribution in [0.25, 0.3) is 10.9 Å². The summed E-state index contributed by atoms with van der Waals surface area (Å²) in [4.78, 5) is -0.260. The third-order valence-electron chi connectivity index (χ3n) is 3.70. The Morgan fingerprint density at radius 2 is 1.84 bits per heavy atom. The van der Waals surface area contributed by atoms with Crippen molar-refractivity contribution in [2.24, 2.45) is 0 Å². The summed E-state index contributed by atoms with van der Waals surface area (Å²) in [7, 11) is -4.16. The highest BCUT2D eigenvalue weighted by Crippen LogP contribution is 2.32. The van der Waals surface area contributed by atoms with Crippen LogP contribution in [0.5, 0.6) is 5.75 Å². The Morgan fingerprint density at radius 3 is 2.48 bits per heavy atom. The number of nitrogens with zero attached hydrogens (tertiary/aromatic N) is 2. The molecule has 0 aliphatic heterocycles. The Hall–Kier alpha value is -2.30. The molecule has 1 heterocycles. The van der Waals surface area contributed by atoms with Crippen LogP contribution in [0.2, 0.25) is 5.02 Å². The van der Waals surface area contributed by atoms with E-state index in [-0.39, 0.29) is 32.1 Å². The second-order valence-corrected chi connectivity index (χ2v) is 7.44. The van der Waals surface area contributed by atoms with Crippen LogP contribution in [0.15, 0.2) is 47.5 Å². The number of anilines is 1. The molecule has 3 rings (SSSR count). The molecule has 8 nitrogen and oxygen atoms in total. The van der Waals surface area contributed by atoms with Crippen LogP contribution in [-0.4, -0.2) is 33.0 Å². The normalized spacial score (nSPS) is 11.8. The second-order valence-electron chi connectivity index (χ2n) is 5.22. The van der Waals surface area contributed by atoms with Crippen LogP contribution >= 0.6 is 11.6 Å². The van der Waals surface area contributed by atoms with Crippen LogP contribution < -0.4 is 5.23 Å². The SMILES string of the molecule is O=S(=O)(c1ccc(Cl)c(N(O)O)c1)n1cc(CO)c2ccc(O)cc21. The molecule has 0 spiro atoms. The molecule has 0 bridgehead atoms. The van der Waals surface area contributed by atoms with Crippen LogP contribution in [0.4, 0.5) is 5.69 Å². The summed E-state index contributed by atoms with van der Waals surface area (Å²) in [5.74, 6) is -0.139. The highest BCUT2D eigenvalue weighted by molar-refractivity contribution is 7.90. The van der Waals surface area contributed by atoms with Crippen molar-refractivity contribution in [2.75, 3.05) is 5.23 Å². The number of aromatic hydroxyl groups is 1. The van der Waals surface area contributed by atoms with Gasteiger partial charge in [0, 0.05) is 23.2 Å². The fourth-order valence-corrected chi connectivity index (χ4v) is 4.10. The van der Waals surface area contributed by atoms with Crippen molar-refractivity contribution in [1.29, 1.82) is 0 Å². The maximum atomic E-state index is 12.9. The van der Waals surface area contributed by atoms with Gasteiger partial charge in [0.15, 0.2) is 0 Å². The fourth-order valence-electron chi connectivity index (χ4n) is 2.50. The molecule has 0 saturated heterocycles. The first kappa shape index (κ1) is 17.5. The molecule has 3 aromatic rings. The Morgan fingerprint density at radius 1 is 1.12 bits per heavy atom. The minimum atomic E-state index is -4.16. The standard InChI is InChI=1S/C15H13ClN2O6S/c16-13-4-2-11(6-15(13)18(21)22)25(23,24)17-7-9(8-19)12-3-1-10(20)5-14(12)17/h1-7,19-22H,8H2. The molecule has 0 amide bonds. The van der Waals surface area contributed by atoms with Gasteiger partial charge in [-0.25, -0.2) is 12.4 Å². The molecule has 10 heteroatoms. The number of aliphatic hydroxyl groups excluding tert-OH is 1. The van der Waals surface area contributed by atoms with Crippen LogP contribution in [0, 0.1) is 0 Å². The molecule has 0 atom stereocenters. The van der Waals surface area contributed by atoms with Gasteiger partial charge in [-0.3, -0.25) is 10.4 Å². The average molecular weight is 385 g/mol. The topological polar surface area (TPSA) is 123 Å². The van der Waals surface area contributed by atoms with E-state index in [1.807, 2.05) is 0 Å². The zero-order valence-corrected chi connectivity index (χ0v) is 14.1. The molecular formula is C15H13ClN2O6S. The van der Waals surface area contributed by atoms with E-state index in [0.717, 1.165) is 10.0 Å². The van der Waals surface area contributed by atoms with Crippen LogP contribution in [0.3, 0.4) is 0 Å². The van der Waals surface area contributed by atoms with E-state index in [1.165, 1.54) is 36.5 Å². The second kappa shape index (κ2) is 6.21. The van der Waals surface area contributed by atoms with Gasteiger partial charge >= 0.3 is 0 Å². The molecule has 0 fully saturated rings. The molecule has 2 aromatic carbocycles. The first-order valence-corrected chi connectivity index (χ1v) is 8.74. The molecule has 0 radical (unpaired) electrons. The molecule has 0 aliphatic carbocycles. The number of hydrogen-bond donors (Lipinski definition) is 4. The monoisotopic (exact) mass is 384 g/mol. The van der Waals surface area contributed by atoms with Gasteiger partial charge in [0.05, 0.1) is 22.0 Å². The zero-order valence-electron chi connectivity index (χ0n) is 12.5. The van der Waals surface area contributed by atoms with E-state index in [2.05, 4.69) is 0 Å². The Bertz CT molecular complexity index is 1060. The van der Waals surface area contributed by atoms with Crippen molar-refractivity contribution in [3.63, 3.8) is 0 Å². The number of aromatic nitrogens is 1. The lowest BCUT2D eigenvalue weighted by atomic mass is 10.2. The number of fused-ring (bicyclic) bond motifs is 1. The third-order valence-corrected chi connectivity index (χ3v) is 5.69. The summed E-state index contributed by atoms with van der Waals surface area (Å²) in [6.45, 7) is -0.392. The predicted octanol–water partition coefficient (Wildman–Crippen LogP) is 2.31. The summed E-state index contributed by atoms with van der Waals surface area (Å²) >= 11 is 5.80. The Balaban J connectivity index is 2.27. The predicted molar refractivity (Wildman–Crippen MR) is 89.6 cm³/mol. The van der Waals surface area contributed by atoms with Gasteiger partial charge in [-0.2, -0.15) is 0 Å². The van der Waals surface area contributed by atoms with Crippen molar-refractivity contribution in [3.8, 4) is 5.75 Å². The lowest BCUT2D eigenvalue weighted by molar-refractivity contribution is 0.0291. The van der Waals surface area contributed by atoms with Crippen molar-refractivity contribution in [3.05, 3.63) is 53.2 Å². The highest BCUT2D eigenvalue weighted by Gasteiger charge is 2.23. The van der Waals surface area contributed by atoms with E-state index in [4.69, 9.17) is 22.0 Å². The van der Waals surface area contributed by atoms with Crippen molar-refractivity contribution >= 4 is 38.2 Å². The number of phenols is 1. The number of hydrogen-bond acceptors (Lipinski definition) is 7. The molecule has 4 N–H and O–H groups in total. The average Bonchev–Trinajstić information content (AvgIpc) is 2.93. The van der Waals surface area contributed by atoms with E-state index >= 15 is 0 Å². The number of aliphatic hydroxyl groups is 1. The van der Waals surface area contributed by atoms with E-state index in [0.29, 0.717) is 10.9 Å². The summed E-state index contributed by atoms with van der Waals surface area (Å²) in [6, 6.07) is 7.54. The summed E-state index contributed by atoms with van der Waals surface area (Å²) < 4.78 is 26.8. The molecular weight excluding hydrogens is 372 g/mol. The molecule has 25 heavy (non-hydrogen) atoms. The molecule has 0 saturated carbocycles. The largest absolute Gasteiger partial charge is 0.508 e. The molecule has 132 valence electrons. The van der Waals surface area contributed by atoms with Crippen molar-refractivity contribution in [2.45, 2.75) is 11.5 Å². The lowest BCUT2D eigenvalue weighted by Gasteiger charge is -2.13. The number of phenolic OH excluding ortho intramolecular Hbond substituents is 1. The van der Waals surface area contributed by atoms with E-state index in [1.54, 1.807) is 0 Å². The highest BCUT2D eigenvalue weighted by atomic mass is 35.5. The minimum absolute atomic E-state index is 0.0602. The van der Waals surface area contributed by atoms with Gasteiger partial charge < -0.3 is 10.2 Å². The van der Waals surface area contributed by atoms with Gasteiger partial charge in [0.1, 0.15) is 11.4 Å². The summed E-state index contributed by atoms with van der Waals surface area (Å²) in [6.07, 6.45) is 1.24. The zero-order chi connectivity index (χ0) is 18.4. The quantitative estimate of drug-likeness (QED) is 0.509. The molecule has 1 aromatic heterocycles. The maximum absolute atomic E-state index is 12.9. The van der Waals surface area contributed by atoms with Crippen molar-refractivity contribution < 1.29 is 29.0 Å². The first-order valence-electron chi connectivity index (χ1n) is 6.92. The summed E-state index contributed by atoms with van der Waals surface area (Å²) in [5.41, 5.74) is 0.216. The van der Waals surface area contributed by atoms with Crippen LogP contribution in [-0.2, 0) is 16.6 Å². The van der Waals surface area contributed by atoms with Gasteiger partial charge in [-0.15, -0.1) is 5.23 Å². The summed E-state index contributed by atoms with van der Waals surface area (Å²) in [5, 5.41) is 37.5. The molecule has 0 aliphatic rings. The Labute approximate surface area is 147 Å². The van der Waals surface area contributed by atoms with Gasteiger partial charge in [-0.05, 0) is 30.3 Å². The maximum Gasteiger partial charge on any atom is 0.268 e. The lowest BCUT2D eigenvalue weighted by Crippen LogP contribution is -2.15. The fraction of sp³-hybridized carbons (Fsp3) is 0.0667. The third kappa shape index (κ3) is 2.92. The number of halogens is 1. The number of benzene rings is 2. The smallest absolute Gasteiger partial charge is 0.268 e. The Kier molecular flexibility index (Phi) is 4.35. The van der Waals surface area contributed by atoms with Gasteiger partial charge in [0.25, 0.3) is 10.0 Å². The molecule has 0 unspecified atom stereocenters. The van der Waals surface area contributed by atoms with Gasteiger partial charge in [0.2, 0.25) is 0 Å². The van der Waals surface area contributed by atoms with Crippen LogP contribution in [0.1, 0.15) is 5.56 Å². The first-order chi connectivity index (χ1) is 11.8. The number of rotatable bonds is 4. The van der Waals surface area contributed by atoms with Gasteiger partial charge in [-0.1, -0.05) is 11.6 Å². The minimum Gasteiger partial charge on any atom is -0.508 e. The van der Waals surface area contributed by atoms with E-state index < -0.39 is 16.6 Å².